The molecule has 1 nitrogen and oxygen atoms in total. The Hall–Kier alpha value is -0.820. The van der Waals surface area contributed by atoms with E-state index in [1.54, 1.807) is 0 Å². The molecule has 1 unspecified atom stereocenters. The largest absolute Gasteiger partial charge is 0.290 e. The molecule has 0 N–H and O–H groups in total. The lowest BCUT2D eigenvalue weighted by Crippen LogP contribution is -2.18. The monoisotopic (exact) mass is 203 g/mol. The fraction of sp³-hybridized carbons (Fsp3) is 0.571. The van der Waals surface area contributed by atoms with E-state index in [9.17, 15) is 0 Å². The number of hydrogen-bond acceptors (Lipinski definition) is 1. The lowest BCUT2D eigenvalue weighted by atomic mass is 9.90. The lowest BCUT2D eigenvalue weighted by molar-refractivity contribution is 0.324. The van der Waals surface area contributed by atoms with Crippen molar-refractivity contribution in [2.45, 2.75) is 46.3 Å². The van der Waals surface area contributed by atoms with Gasteiger partial charge in [-0.3, -0.25) is 4.90 Å². The Morgan fingerprint density at radius 1 is 1.13 bits per heavy atom. The summed E-state index contributed by atoms with van der Waals surface area (Å²) in [7, 11) is 0. The van der Waals surface area contributed by atoms with Crippen LogP contribution in [-0.4, -0.2) is 17.0 Å². The van der Waals surface area contributed by atoms with Gasteiger partial charge in [-0.15, -0.1) is 0 Å². The van der Waals surface area contributed by atoms with Gasteiger partial charge in [0.2, 0.25) is 0 Å². The van der Waals surface area contributed by atoms with Crippen molar-refractivity contribution in [2.24, 2.45) is 5.41 Å². The average Bonchev–Trinajstić information content (AvgIpc) is 2.77. The summed E-state index contributed by atoms with van der Waals surface area (Å²) in [6, 6.07) is 12.2. The maximum Gasteiger partial charge on any atom is 0.0304 e. The van der Waals surface area contributed by atoms with E-state index in [1.807, 2.05) is 0 Å². The van der Waals surface area contributed by atoms with Crippen LogP contribution in [0.15, 0.2) is 30.3 Å². The van der Waals surface area contributed by atoms with E-state index < -0.39 is 0 Å². The highest BCUT2D eigenvalue weighted by molar-refractivity contribution is 5.17. The van der Waals surface area contributed by atoms with Crippen molar-refractivity contribution >= 4 is 0 Å². The van der Waals surface area contributed by atoms with Crippen molar-refractivity contribution in [1.82, 2.24) is 4.90 Å². The second-order valence-electron chi connectivity index (χ2n) is 5.71. The molecule has 0 spiro atoms. The first-order chi connectivity index (χ1) is 7.00. The molecule has 0 saturated carbocycles. The first kappa shape index (κ1) is 10.7. The quantitative estimate of drug-likeness (QED) is 0.666. The normalized spacial score (nSPS) is 30.3. The van der Waals surface area contributed by atoms with E-state index in [0.717, 1.165) is 18.6 Å². The second-order valence-corrected chi connectivity index (χ2v) is 5.71. The Morgan fingerprint density at radius 3 is 2.20 bits per heavy atom. The predicted octanol–water partition coefficient (Wildman–Crippen LogP) is 3.31. The molecule has 1 aromatic rings. The van der Waals surface area contributed by atoms with E-state index in [-0.39, 0.29) is 0 Å². The Labute approximate surface area is 93.1 Å². The van der Waals surface area contributed by atoms with Crippen molar-refractivity contribution in [3.8, 4) is 0 Å². The summed E-state index contributed by atoms with van der Waals surface area (Å²) < 4.78 is 0. The van der Waals surface area contributed by atoms with Crippen LogP contribution in [0.4, 0.5) is 0 Å². The van der Waals surface area contributed by atoms with Gasteiger partial charge in [0.05, 0.1) is 0 Å². The number of rotatable bonds is 2. The fourth-order valence-corrected chi connectivity index (χ4v) is 2.67. The zero-order valence-electron chi connectivity index (χ0n) is 10.2. The van der Waals surface area contributed by atoms with Crippen LogP contribution in [0.5, 0.6) is 0 Å². The summed E-state index contributed by atoms with van der Waals surface area (Å²) >= 11 is 0. The van der Waals surface area contributed by atoms with Gasteiger partial charge in [-0.05, 0) is 17.9 Å². The van der Waals surface area contributed by atoms with Crippen molar-refractivity contribution in [1.29, 1.82) is 0 Å². The molecule has 0 aliphatic carbocycles. The van der Waals surface area contributed by atoms with Gasteiger partial charge in [-0.25, -0.2) is 0 Å². The Bertz CT molecular complexity index is 323. The third-order valence-corrected chi connectivity index (χ3v) is 3.34. The van der Waals surface area contributed by atoms with E-state index in [1.165, 1.54) is 5.56 Å². The molecule has 1 aromatic carbocycles. The standard InChI is InChI=1S/C14H21N/c1-11-13(14(2,3)4)15(11)10-12-8-6-5-7-9-12/h5-9,11,13H,10H2,1-4H3/t11-,13-,15?/m1/s1. The maximum absolute atomic E-state index is 2.58. The Balaban J connectivity index is 1.99. The van der Waals surface area contributed by atoms with Crippen molar-refractivity contribution in [3.63, 3.8) is 0 Å². The molecular weight excluding hydrogens is 182 g/mol. The van der Waals surface area contributed by atoms with Crippen molar-refractivity contribution in [2.75, 3.05) is 0 Å². The molecule has 0 amide bonds. The van der Waals surface area contributed by atoms with Gasteiger partial charge in [-0.1, -0.05) is 51.1 Å². The van der Waals surface area contributed by atoms with Crippen LogP contribution in [-0.2, 0) is 6.54 Å². The van der Waals surface area contributed by atoms with Gasteiger partial charge in [0.15, 0.2) is 0 Å². The number of benzene rings is 1. The predicted molar refractivity (Wildman–Crippen MR) is 64.7 cm³/mol. The Kier molecular flexibility index (Phi) is 2.59. The summed E-state index contributed by atoms with van der Waals surface area (Å²) in [6.45, 7) is 10.4. The summed E-state index contributed by atoms with van der Waals surface area (Å²) in [6.07, 6.45) is 0. The second kappa shape index (κ2) is 3.64. The van der Waals surface area contributed by atoms with Crippen LogP contribution in [0.3, 0.4) is 0 Å². The van der Waals surface area contributed by atoms with E-state index in [4.69, 9.17) is 0 Å². The molecule has 1 heteroatoms. The minimum atomic E-state index is 0.411. The Morgan fingerprint density at radius 2 is 1.73 bits per heavy atom. The summed E-state index contributed by atoms with van der Waals surface area (Å²) in [4.78, 5) is 2.58. The molecule has 3 atom stereocenters. The molecule has 0 bridgehead atoms. The van der Waals surface area contributed by atoms with Crippen LogP contribution in [0.25, 0.3) is 0 Å². The molecule has 0 radical (unpaired) electrons. The van der Waals surface area contributed by atoms with Crippen LogP contribution >= 0.6 is 0 Å². The molecule has 0 aromatic heterocycles. The average molecular weight is 203 g/mol. The van der Waals surface area contributed by atoms with Crippen LogP contribution < -0.4 is 0 Å². The SMILES string of the molecule is C[C@@H]1[C@H](C(C)(C)C)N1Cc1ccccc1. The molecule has 82 valence electrons. The third kappa shape index (κ3) is 2.23. The van der Waals surface area contributed by atoms with Gasteiger partial charge in [0, 0.05) is 18.6 Å². The number of hydrogen-bond donors (Lipinski definition) is 0. The van der Waals surface area contributed by atoms with Gasteiger partial charge in [0.25, 0.3) is 0 Å². The van der Waals surface area contributed by atoms with Gasteiger partial charge in [0.1, 0.15) is 0 Å². The first-order valence-corrected chi connectivity index (χ1v) is 5.80. The molecule has 1 aliphatic rings. The fourth-order valence-electron chi connectivity index (χ4n) is 2.67. The number of nitrogens with zero attached hydrogens (tertiary/aromatic N) is 1. The summed E-state index contributed by atoms with van der Waals surface area (Å²) in [5, 5.41) is 0. The smallest absolute Gasteiger partial charge is 0.0304 e. The van der Waals surface area contributed by atoms with Gasteiger partial charge in [-0.2, -0.15) is 0 Å². The maximum atomic E-state index is 2.58. The minimum Gasteiger partial charge on any atom is -0.290 e. The van der Waals surface area contributed by atoms with E-state index in [2.05, 4.69) is 62.9 Å². The zero-order chi connectivity index (χ0) is 11.1. The molecule has 15 heavy (non-hydrogen) atoms. The topological polar surface area (TPSA) is 3.01 Å². The molecule has 1 heterocycles. The molecule has 1 aliphatic heterocycles. The highest BCUT2D eigenvalue weighted by Crippen LogP contribution is 2.42. The first-order valence-electron chi connectivity index (χ1n) is 5.80. The van der Waals surface area contributed by atoms with Crippen LogP contribution in [0.1, 0.15) is 33.3 Å². The third-order valence-electron chi connectivity index (χ3n) is 3.34. The molecule has 1 fully saturated rings. The summed E-state index contributed by atoms with van der Waals surface area (Å²) in [5.74, 6) is 0. The van der Waals surface area contributed by atoms with Crippen molar-refractivity contribution < 1.29 is 0 Å². The van der Waals surface area contributed by atoms with Gasteiger partial charge >= 0.3 is 0 Å². The van der Waals surface area contributed by atoms with E-state index in [0.29, 0.717) is 5.41 Å². The molecule has 2 rings (SSSR count). The van der Waals surface area contributed by atoms with Gasteiger partial charge < -0.3 is 0 Å². The highest BCUT2D eigenvalue weighted by atomic mass is 15.4. The molecular formula is C14H21N. The minimum absolute atomic E-state index is 0.411. The summed E-state index contributed by atoms with van der Waals surface area (Å²) in [5.41, 5.74) is 1.84. The van der Waals surface area contributed by atoms with Crippen molar-refractivity contribution in [3.05, 3.63) is 35.9 Å². The lowest BCUT2D eigenvalue weighted by Gasteiger charge is -2.18. The zero-order valence-corrected chi connectivity index (χ0v) is 10.2. The molecule has 1 saturated heterocycles. The highest BCUT2D eigenvalue weighted by Gasteiger charge is 2.50. The van der Waals surface area contributed by atoms with Crippen LogP contribution in [0.2, 0.25) is 0 Å². The van der Waals surface area contributed by atoms with Crippen LogP contribution in [0, 0.1) is 5.41 Å². The van der Waals surface area contributed by atoms with E-state index >= 15 is 0 Å².